The zero-order valence-corrected chi connectivity index (χ0v) is 14.9. The van der Waals surface area contributed by atoms with Gasteiger partial charge >= 0.3 is 0 Å². The lowest BCUT2D eigenvalue weighted by Crippen LogP contribution is -2.16. The van der Waals surface area contributed by atoms with Crippen molar-refractivity contribution in [2.45, 2.75) is 39.7 Å². The molecule has 0 spiro atoms. The number of aryl methyl sites for hydroxylation is 1. The summed E-state index contributed by atoms with van der Waals surface area (Å²) in [7, 11) is 0. The third-order valence-electron chi connectivity index (χ3n) is 3.96. The topological polar surface area (TPSA) is 73.0 Å². The Labute approximate surface area is 146 Å². The lowest BCUT2D eigenvalue weighted by atomic mass is 9.87. The van der Waals surface area contributed by atoms with E-state index in [4.69, 9.17) is 4.52 Å². The van der Waals surface area contributed by atoms with Crippen molar-refractivity contribution in [1.82, 2.24) is 14.9 Å². The number of aromatic nitrogens is 3. The Balaban J connectivity index is 1.72. The first-order valence-corrected chi connectivity index (χ1v) is 8.19. The van der Waals surface area contributed by atoms with Gasteiger partial charge in [-0.25, -0.2) is 4.68 Å². The highest BCUT2D eigenvalue weighted by Gasteiger charge is 2.15. The summed E-state index contributed by atoms with van der Waals surface area (Å²) in [5, 5.41) is 10.8. The molecule has 25 heavy (non-hydrogen) atoms. The van der Waals surface area contributed by atoms with E-state index in [1.807, 2.05) is 0 Å². The fourth-order valence-corrected chi connectivity index (χ4v) is 2.50. The van der Waals surface area contributed by atoms with Gasteiger partial charge in [-0.3, -0.25) is 4.79 Å². The molecule has 130 valence electrons. The van der Waals surface area contributed by atoms with Crippen LogP contribution in [0.3, 0.4) is 0 Å². The van der Waals surface area contributed by atoms with Gasteiger partial charge in [-0.05, 0) is 23.5 Å². The normalized spacial score (nSPS) is 11.5. The summed E-state index contributed by atoms with van der Waals surface area (Å²) in [4.78, 5) is 12.2. The van der Waals surface area contributed by atoms with E-state index < -0.39 is 0 Å². The van der Waals surface area contributed by atoms with Crippen molar-refractivity contribution in [2.75, 3.05) is 5.32 Å². The van der Waals surface area contributed by atoms with Gasteiger partial charge < -0.3 is 9.84 Å². The molecule has 0 aliphatic carbocycles. The zero-order valence-electron chi connectivity index (χ0n) is 14.9. The van der Waals surface area contributed by atoms with E-state index in [2.05, 4.69) is 60.6 Å². The van der Waals surface area contributed by atoms with Gasteiger partial charge in [0.05, 0.1) is 18.4 Å². The van der Waals surface area contributed by atoms with Crippen LogP contribution < -0.4 is 5.32 Å². The molecule has 0 bridgehead atoms. The molecule has 0 fully saturated rings. The van der Waals surface area contributed by atoms with Gasteiger partial charge in [-0.1, -0.05) is 50.2 Å². The number of benzene rings is 1. The van der Waals surface area contributed by atoms with Gasteiger partial charge in [0.15, 0.2) is 0 Å². The highest BCUT2D eigenvalue weighted by Crippen LogP contribution is 2.22. The first kappa shape index (κ1) is 17.0. The first-order chi connectivity index (χ1) is 11.8. The lowest BCUT2D eigenvalue weighted by molar-refractivity contribution is 0.0987. The molecular weight excluding hydrogens is 316 g/mol. The van der Waals surface area contributed by atoms with Crippen LogP contribution in [0.2, 0.25) is 0 Å². The van der Waals surface area contributed by atoms with E-state index in [0.29, 0.717) is 18.1 Å². The highest BCUT2D eigenvalue weighted by molar-refractivity contribution is 6.01. The molecule has 0 aliphatic rings. The predicted octanol–water partition coefficient (Wildman–Crippen LogP) is 3.78. The maximum Gasteiger partial charge on any atom is 0.295 e. The lowest BCUT2D eigenvalue weighted by Gasteiger charge is -2.19. The Morgan fingerprint density at radius 1 is 1.20 bits per heavy atom. The molecule has 2 heterocycles. The summed E-state index contributed by atoms with van der Waals surface area (Å²) in [6.07, 6.45) is 1.66. The van der Waals surface area contributed by atoms with Gasteiger partial charge in [-0.15, -0.1) is 0 Å². The molecule has 0 atom stereocenters. The number of hydrogen-bond acceptors (Lipinski definition) is 4. The fraction of sp³-hybridized carbons (Fsp3) is 0.316. The van der Waals surface area contributed by atoms with Crippen molar-refractivity contribution in [3.05, 3.63) is 65.2 Å². The molecule has 3 rings (SSSR count). The molecule has 0 saturated carbocycles. The third kappa shape index (κ3) is 3.96. The van der Waals surface area contributed by atoms with Crippen LogP contribution in [0.1, 0.15) is 48.1 Å². The molecule has 2 aromatic heterocycles. The molecule has 1 N–H and O–H groups in total. The standard InChI is InChI=1S/C19H22N4O2/c1-13-11-16(25-22-13)18(24)21-17-9-10-20-23(17)12-14-5-7-15(8-6-14)19(2,3)4/h5-11H,12H2,1-4H3,(H,21,24). The number of rotatable bonds is 4. The Hall–Kier alpha value is -2.89. The van der Waals surface area contributed by atoms with Crippen LogP contribution in [0.5, 0.6) is 0 Å². The second kappa shape index (κ2) is 6.55. The fourth-order valence-electron chi connectivity index (χ4n) is 2.50. The van der Waals surface area contributed by atoms with Gasteiger partial charge in [0.1, 0.15) is 5.82 Å². The average molecular weight is 338 g/mol. The molecule has 1 aromatic carbocycles. The minimum absolute atomic E-state index is 0.124. The minimum atomic E-state index is -0.342. The van der Waals surface area contributed by atoms with Crippen molar-refractivity contribution < 1.29 is 9.32 Å². The Kier molecular flexibility index (Phi) is 4.44. The van der Waals surface area contributed by atoms with Crippen LogP contribution in [0, 0.1) is 6.92 Å². The molecule has 0 aliphatic heterocycles. The monoisotopic (exact) mass is 338 g/mol. The molecule has 0 radical (unpaired) electrons. The Bertz CT molecular complexity index is 869. The van der Waals surface area contributed by atoms with E-state index in [9.17, 15) is 4.79 Å². The maximum atomic E-state index is 12.2. The summed E-state index contributed by atoms with van der Waals surface area (Å²) in [6, 6.07) is 11.8. The van der Waals surface area contributed by atoms with Gasteiger partial charge in [0.25, 0.3) is 5.91 Å². The number of amides is 1. The number of hydrogen-bond donors (Lipinski definition) is 1. The Morgan fingerprint density at radius 2 is 1.92 bits per heavy atom. The zero-order chi connectivity index (χ0) is 18.0. The SMILES string of the molecule is Cc1cc(C(=O)Nc2ccnn2Cc2ccc(C(C)(C)C)cc2)on1. The third-order valence-corrected chi connectivity index (χ3v) is 3.96. The van der Waals surface area contributed by atoms with Crippen molar-refractivity contribution in [1.29, 1.82) is 0 Å². The maximum absolute atomic E-state index is 12.2. The highest BCUT2D eigenvalue weighted by atomic mass is 16.5. The molecule has 1 amide bonds. The molecule has 3 aromatic rings. The number of nitrogens with zero attached hydrogens (tertiary/aromatic N) is 3. The number of carbonyl (C=O) groups excluding carboxylic acids is 1. The number of carbonyl (C=O) groups is 1. The predicted molar refractivity (Wildman–Crippen MR) is 95.7 cm³/mol. The van der Waals surface area contributed by atoms with Crippen molar-refractivity contribution in [3.63, 3.8) is 0 Å². The van der Waals surface area contributed by atoms with Gasteiger partial charge in [-0.2, -0.15) is 5.10 Å². The summed E-state index contributed by atoms with van der Waals surface area (Å²) in [6.45, 7) is 8.91. The quantitative estimate of drug-likeness (QED) is 0.786. The van der Waals surface area contributed by atoms with E-state index in [0.717, 1.165) is 5.56 Å². The van der Waals surface area contributed by atoms with E-state index in [1.54, 1.807) is 29.9 Å². The second-order valence-electron chi connectivity index (χ2n) is 7.11. The van der Waals surface area contributed by atoms with Gasteiger partial charge in [0, 0.05) is 12.1 Å². The Morgan fingerprint density at radius 3 is 2.52 bits per heavy atom. The summed E-state index contributed by atoms with van der Waals surface area (Å²) in [5.74, 6) is 0.448. The number of nitrogens with one attached hydrogen (secondary N) is 1. The summed E-state index contributed by atoms with van der Waals surface area (Å²) < 4.78 is 6.73. The van der Waals surface area contributed by atoms with Crippen LogP contribution >= 0.6 is 0 Å². The molecule has 0 saturated heterocycles. The minimum Gasteiger partial charge on any atom is -0.351 e. The largest absolute Gasteiger partial charge is 0.351 e. The molecule has 0 unspecified atom stereocenters. The van der Waals surface area contributed by atoms with Crippen LogP contribution in [-0.2, 0) is 12.0 Å². The first-order valence-electron chi connectivity index (χ1n) is 8.19. The smallest absolute Gasteiger partial charge is 0.295 e. The van der Waals surface area contributed by atoms with Crippen LogP contribution in [-0.4, -0.2) is 20.8 Å². The number of anilines is 1. The van der Waals surface area contributed by atoms with Crippen molar-refractivity contribution >= 4 is 11.7 Å². The summed E-state index contributed by atoms with van der Waals surface area (Å²) in [5.41, 5.74) is 3.18. The molecular formula is C19H22N4O2. The van der Waals surface area contributed by atoms with Crippen molar-refractivity contribution in [3.8, 4) is 0 Å². The van der Waals surface area contributed by atoms with Gasteiger partial charge in [0.2, 0.25) is 5.76 Å². The van der Waals surface area contributed by atoms with Crippen LogP contribution in [0.15, 0.2) is 47.1 Å². The average Bonchev–Trinajstić information content (AvgIpc) is 3.16. The molecule has 6 nitrogen and oxygen atoms in total. The van der Waals surface area contributed by atoms with Crippen LogP contribution in [0.4, 0.5) is 5.82 Å². The van der Waals surface area contributed by atoms with E-state index in [1.165, 1.54) is 5.56 Å². The summed E-state index contributed by atoms with van der Waals surface area (Å²) >= 11 is 0. The van der Waals surface area contributed by atoms with Crippen LogP contribution in [0.25, 0.3) is 0 Å². The van der Waals surface area contributed by atoms with E-state index >= 15 is 0 Å². The second-order valence-corrected chi connectivity index (χ2v) is 7.11. The molecule has 6 heteroatoms. The van der Waals surface area contributed by atoms with Crippen molar-refractivity contribution in [2.24, 2.45) is 0 Å². The van der Waals surface area contributed by atoms with E-state index in [-0.39, 0.29) is 17.1 Å².